The minimum atomic E-state index is 0.0328. The highest BCUT2D eigenvalue weighted by Gasteiger charge is 2.30. The molecule has 0 saturated heterocycles. The molecule has 2 aliphatic rings. The third-order valence-electron chi connectivity index (χ3n) is 4.73. The molecule has 0 fully saturated rings. The van der Waals surface area contributed by atoms with Gasteiger partial charge in [-0.05, 0) is 30.4 Å². The summed E-state index contributed by atoms with van der Waals surface area (Å²) in [5.74, 6) is 1.35. The number of rotatable bonds is 2. The molecule has 4 heteroatoms. The quantitative estimate of drug-likeness (QED) is 0.915. The highest BCUT2D eigenvalue weighted by atomic mass is 16.2. The van der Waals surface area contributed by atoms with Gasteiger partial charge in [-0.1, -0.05) is 24.3 Å². The molecule has 0 spiro atoms. The van der Waals surface area contributed by atoms with Crippen molar-refractivity contribution < 1.29 is 4.79 Å². The lowest BCUT2D eigenvalue weighted by Gasteiger charge is -2.26. The number of aromatic nitrogens is 2. The number of amides is 1. The Morgan fingerprint density at radius 1 is 1.24 bits per heavy atom. The molecule has 1 amide bonds. The predicted octanol–water partition coefficient (Wildman–Crippen LogP) is 2.04. The summed E-state index contributed by atoms with van der Waals surface area (Å²) < 4.78 is 2.15. The van der Waals surface area contributed by atoms with E-state index in [2.05, 4.69) is 33.1 Å². The highest BCUT2D eigenvalue weighted by Crippen LogP contribution is 2.33. The molecule has 2 heterocycles. The van der Waals surface area contributed by atoms with Crippen LogP contribution >= 0.6 is 0 Å². The SMILES string of the molecule is O=C(N[C@H]1CCc2nccn2C1)[C@H]1CCc2ccccc21. The molecule has 4 rings (SSSR count). The number of aryl methyl sites for hydroxylation is 2. The van der Waals surface area contributed by atoms with E-state index in [4.69, 9.17) is 0 Å². The van der Waals surface area contributed by atoms with Crippen LogP contribution in [0.1, 0.15) is 35.7 Å². The summed E-state index contributed by atoms with van der Waals surface area (Å²) in [6.45, 7) is 0.843. The lowest BCUT2D eigenvalue weighted by atomic mass is 9.99. The molecule has 1 aromatic carbocycles. The molecule has 1 aromatic heterocycles. The fourth-order valence-corrected chi connectivity index (χ4v) is 3.62. The number of carbonyl (C=O) groups excluding carboxylic acids is 1. The number of benzene rings is 1. The molecule has 1 N–H and O–H groups in total. The Hall–Kier alpha value is -2.10. The molecule has 0 saturated carbocycles. The maximum Gasteiger partial charge on any atom is 0.227 e. The van der Waals surface area contributed by atoms with Crippen LogP contribution in [-0.2, 0) is 24.2 Å². The van der Waals surface area contributed by atoms with Gasteiger partial charge in [-0.25, -0.2) is 4.98 Å². The number of fused-ring (bicyclic) bond motifs is 2. The topological polar surface area (TPSA) is 46.9 Å². The zero-order valence-corrected chi connectivity index (χ0v) is 12.0. The molecule has 1 aliphatic heterocycles. The highest BCUT2D eigenvalue weighted by molar-refractivity contribution is 5.85. The molecule has 21 heavy (non-hydrogen) atoms. The van der Waals surface area contributed by atoms with Gasteiger partial charge >= 0.3 is 0 Å². The number of imidazole rings is 1. The number of nitrogens with one attached hydrogen (secondary N) is 1. The molecule has 0 unspecified atom stereocenters. The second-order valence-electron chi connectivity index (χ2n) is 6.03. The van der Waals surface area contributed by atoms with E-state index in [1.165, 1.54) is 11.1 Å². The first-order valence-electron chi connectivity index (χ1n) is 7.69. The zero-order valence-electron chi connectivity index (χ0n) is 12.0. The number of hydrogen-bond donors (Lipinski definition) is 1. The van der Waals surface area contributed by atoms with Crippen molar-refractivity contribution in [3.8, 4) is 0 Å². The molecule has 4 nitrogen and oxygen atoms in total. The summed E-state index contributed by atoms with van der Waals surface area (Å²) in [5.41, 5.74) is 2.55. The number of hydrogen-bond acceptors (Lipinski definition) is 2. The summed E-state index contributed by atoms with van der Waals surface area (Å²) in [6.07, 6.45) is 7.72. The minimum absolute atomic E-state index is 0.0328. The van der Waals surface area contributed by atoms with Crippen LogP contribution in [0.25, 0.3) is 0 Å². The molecular formula is C17H19N3O. The Morgan fingerprint density at radius 3 is 3.10 bits per heavy atom. The van der Waals surface area contributed by atoms with Crippen molar-refractivity contribution in [1.82, 2.24) is 14.9 Å². The molecule has 0 radical (unpaired) electrons. The van der Waals surface area contributed by atoms with Gasteiger partial charge in [-0.3, -0.25) is 4.79 Å². The van der Waals surface area contributed by atoms with E-state index < -0.39 is 0 Å². The van der Waals surface area contributed by atoms with Crippen LogP contribution in [0.3, 0.4) is 0 Å². The van der Waals surface area contributed by atoms with E-state index in [9.17, 15) is 4.79 Å². The number of nitrogens with zero attached hydrogens (tertiary/aromatic N) is 2. The van der Waals surface area contributed by atoms with Crippen LogP contribution in [0.15, 0.2) is 36.7 Å². The molecule has 2 aromatic rings. The minimum Gasteiger partial charge on any atom is -0.351 e. The normalized spacial score (nSPS) is 23.4. The van der Waals surface area contributed by atoms with Crippen LogP contribution in [0.2, 0.25) is 0 Å². The Labute approximate surface area is 124 Å². The van der Waals surface area contributed by atoms with Crippen LogP contribution in [0, 0.1) is 0 Å². The fraction of sp³-hybridized carbons (Fsp3) is 0.412. The third-order valence-corrected chi connectivity index (χ3v) is 4.73. The Balaban J connectivity index is 1.46. The van der Waals surface area contributed by atoms with Crippen molar-refractivity contribution in [3.63, 3.8) is 0 Å². The van der Waals surface area contributed by atoms with Crippen molar-refractivity contribution in [2.75, 3.05) is 0 Å². The van der Waals surface area contributed by atoms with Gasteiger partial charge < -0.3 is 9.88 Å². The van der Waals surface area contributed by atoms with Crippen LogP contribution in [-0.4, -0.2) is 21.5 Å². The maximum absolute atomic E-state index is 12.6. The second-order valence-corrected chi connectivity index (χ2v) is 6.03. The zero-order chi connectivity index (χ0) is 14.2. The molecule has 1 aliphatic carbocycles. The van der Waals surface area contributed by atoms with Gasteiger partial charge in [-0.2, -0.15) is 0 Å². The molecule has 0 bridgehead atoms. The molecule has 2 atom stereocenters. The van der Waals surface area contributed by atoms with Gasteiger partial charge in [0.15, 0.2) is 0 Å². The summed E-state index contributed by atoms with van der Waals surface area (Å²) in [6, 6.07) is 8.55. The summed E-state index contributed by atoms with van der Waals surface area (Å²) >= 11 is 0. The van der Waals surface area contributed by atoms with Crippen molar-refractivity contribution in [2.45, 2.75) is 44.2 Å². The van der Waals surface area contributed by atoms with E-state index in [-0.39, 0.29) is 17.9 Å². The Morgan fingerprint density at radius 2 is 2.14 bits per heavy atom. The van der Waals surface area contributed by atoms with Crippen molar-refractivity contribution >= 4 is 5.91 Å². The molecular weight excluding hydrogens is 262 g/mol. The first-order valence-corrected chi connectivity index (χ1v) is 7.69. The van der Waals surface area contributed by atoms with E-state index in [1.54, 1.807) is 0 Å². The first kappa shape index (κ1) is 12.6. The van der Waals surface area contributed by atoms with Crippen LogP contribution in [0.4, 0.5) is 0 Å². The second kappa shape index (κ2) is 5.02. The van der Waals surface area contributed by atoms with E-state index >= 15 is 0 Å². The third kappa shape index (κ3) is 2.24. The number of carbonyl (C=O) groups is 1. The van der Waals surface area contributed by atoms with Gasteiger partial charge in [-0.15, -0.1) is 0 Å². The fourth-order valence-electron chi connectivity index (χ4n) is 3.62. The average Bonchev–Trinajstić information content (AvgIpc) is 3.13. The average molecular weight is 281 g/mol. The lowest BCUT2D eigenvalue weighted by molar-refractivity contribution is -0.123. The summed E-state index contributed by atoms with van der Waals surface area (Å²) in [4.78, 5) is 16.9. The lowest BCUT2D eigenvalue weighted by Crippen LogP contribution is -2.42. The standard InChI is InChI=1S/C17H19N3O/c21-17(15-7-5-12-3-1-2-4-14(12)15)19-13-6-8-16-18-9-10-20(16)11-13/h1-4,9-10,13,15H,5-8,11H2,(H,19,21)/t13-,15-/m0/s1. The van der Waals surface area contributed by atoms with Gasteiger partial charge in [0, 0.05) is 31.4 Å². The van der Waals surface area contributed by atoms with E-state index in [0.717, 1.165) is 38.1 Å². The molecule has 108 valence electrons. The Kier molecular flexibility index (Phi) is 3.02. The van der Waals surface area contributed by atoms with Gasteiger partial charge in [0.05, 0.1) is 5.92 Å². The van der Waals surface area contributed by atoms with Gasteiger partial charge in [0.2, 0.25) is 5.91 Å². The van der Waals surface area contributed by atoms with Crippen molar-refractivity contribution in [1.29, 1.82) is 0 Å². The van der Waals surface area contributed by atoms with Gasteiger partial charge in [0.1, 0.15) is 5.82 Å². The van der Waals surface area contributed by atoms with Gasteiger partial charge in [0.25, 0.3) is 0 Å². The van der Waals surface area contributed by atoms with Crippen molar-refractivity contribution in [2.24, 2.45) is 0 Å². The van der Waals surface area contributed by atoms with Crippen LogP contribution in [0.5, 0.6) is 0 Å². The summed E-state index contributed by atoms with van der Waals surface area (Å²) in [7, 11) is 0. The predicted molar refractivity (Wildman–Crippen MR) is 80.0 cm³/mol. The maximum atomic E-state index is 12.6. The van der Waals surface area contributed by atoms with E-state index in [1.807, 2.05) is 18.5 Å². The smallest absolute Gasteiger partial charge is 0.227 e. The van der Waals surface area contributed by atoms with Crippen LogP contribution < -0.4 is 5.32 Å². The van der Waals surface area contributed by atoms with Crippen molar-refractivity contribution in [3.05, 3.63) is 53.6 Å². The largest absolute Gasteiger partial charge is 0.351 e. The summed E-state index contributed by atoms with van der Waals surface area (Å²) in [5, 5.41) is 3.24. The van der Waals surface area contributed by atoms with E-state index in [0.29, 0.717) is 0 Å². The Bertz CT molecular complexity index is 676. The monoisotopic (exact) mass is 281 g/mol. The first-order chi connectivity index (χ1) is 10.3.